The van der Waals surface area contributed by atoms with E-state index in [0.29, 0.717) is 51.0 Å². The third-order valence-corrected chi connectivity index (χ3v) is 18.5. The van der Waals surface area contributed by atoms with Crippen molar-refractivity contribution in [3.05, 3.63) is 95.1 Å². The fraction of sp³-hybridized carbons (Fsp3) is 0.667. The highest BCUT2D eigenvalue weighted by molar-refractivity contribution is 6.10. The summed E-state index contributed by atoms with van der Waals surface area (Å²) in [5.74, 6) is 1.82. The second-order valence-corrected chi connectivity index (χ2v) is 22.0. The Bertz CT molecular complexity index is 2010. The lowest BCUT2D eigenvalue weighted by molar-refractivity contribution is -0.179. The van der Waals surface area contributed by atoms with Crippen molar-refractivity contribution in [3.8, 4) is 0 Å². The van der Waals surface area contributed by atoms with E-state index in [1.165, 1.54) is 50.7 Å². The average Bonchev–Trinajstić information content (AvgIpc) is 3.46. The minimum atomic E-state index is -4.59. The molecule has 10 aliphatic carbocycles. The predicted molar refractivity (Wildman–Crippen MR) is 223 cm³/mol. The summed E-state index contributed by atoms with van der Waals surface area (Å²) in [5, 5.41) is 36.2. The molecule has 2 aromatic rings. The van der Waals surface area contributed by atoms with Gasteiger partial charge in [0.25, 0.3) is 0 Å². The minimum Gasteiger partial charge on any atom is -0.393 e. The first-order chi connectivity index (χ1) is 28.5. The van der Waals surface area contributed by atoms with Crippen LogP contribution in [0, 0.1) is 56.7 Å². The zero-order chi connectivity index (χ0) is 41.9. The molecule has 0 radical (unpaired) electrons. The molecule has 9 unspecified atom stereocenters. The summed E-state index contributed by atoms with van der Waals surface area (Å²) < 4.78 is 48.2. The molecule has 6 bridgehead atoms. The maximum absolute atomic E-state index is 15.0. The van der Waals surface area contributed by atoms with E-state index in [1.807, 2.05) is 30.3 Å². The van der Waals surface area contributed by atoms with E-state index in [-0.39, 0.29) is 40.6 Å². The summed E-state index contributed by atoms with van der Waals surface area (Å²) in [4.78, 5) is 17.4. The normalized spacial score (nSPS) is 42.8. The molecule has 2 aromatic carbocycles. The highest BCUT2D eigenvalue weighted by Crippen LogP contribution is 2.78. The van der Waals surface area contributed by atoms with Crippen molar-refractivity contribution in [1.29, 1.82) is 0 Å². The van der Waals surface area contributed by atoms with E-state index >= 15 is 4.79 Å². The molecule has 7 fully saturated rings. The molecule has 324 valence electrons. The van der Waals surface area contributed by atoms with E-state index in [0.717, 1.165) is 61.3 Å². The maximum atomic E-state index is 15.0. The Balaban J connectivity index is 0.985. The van der Waals surface area contributed by atoms with Crippen molar-refractivity contribution < 1.29 is 38.0 Å². The Morgan fingerprint density at radius 3 is 2.22 bits per heavy atom. The smallest absolute Gasteiger partial charge is 0.393 e. The molecule has 60 heavy (non-hydrogen) atoms. The number of aliphatic hydroxyl groups is 3. The van der Waals surface area contributed by atoms with Gasteiger partial charge >= 0.3 is 6.18 Å². The van der Waals surface area contributed by atoms with E-state index in [9.17, 15) is 28.5 Å². The van der Waals surface area contributed by atoms with E-state index in [4.69, 9.17) is 4.74 Å². The molecule has 0 amide bonds. The van der Waals surface area contributed by atoms with Gasteiger partial charge < -0.3 is 20.1 Å². The Morgan fingerprint density at radius 1 is 0.850 bits per heavy atom. The van der Waals surface area contributed by atoms with Gasteiger partial charge in [0.15, 0.2) is 5.78 Å². The number of ether oxygens (including phenoxy) is 1. The lowest BCUT2D eigenvalue weighted by Gasteiger charge is -2.71. The summed E-state index contributed by atoms with van der Waals surface area (Å²) in [7, 11) is 0. The molecule has 2 spiro atoms. The zero-order valence-corrected chi connectivity index (χ0v) is 35.4. The highest BCUT2D eigenvalue weighted by atomic mass is 19.4. The number of carbonyl (C=O) groups is 1. The predicted octanol–water partition coefficient (Wildman–Crippen LogP) is 9.58. The number of fused-ring (bicyclic) bond motifs is 1. The van der Waals surface area contributed by atoms with Gasteiger partial charge in [0, 0.05) is 47.0 Å². The van der Waals surface area contributed by atoms with Gasteiger partial charge in [-0.1, -0.05) is 74.5 Å². The quantitative estimate of drug-likeness (QED) is 0.146. The second-order valence-electron chi connectivity index (χ2n) is 22.0. The van der Waals surface area contributed by atoms with E-state index < -0.39 is 45.8 Å². The van der Waals surface area contributed by atoms with Crippen molar-refractivity contribution >= 4 is 5.78 Å². The molecule has 0 aliphatic heterocycles. The van der Waals surface area contributed by atoms with Crippen LogP contribution in [0.25, 0.3) is 0 Å². The van der Waals surface area contributed by atoms with Crippen LogP contribution >= 0.6 is 0 Å². The van der Waals surface area contributed by atoms with Crippen LogP contribution in [0.2, 0.25) is 0 Å². The van der Waals surface area contributed by atoms with Crippen LogP contribution in [0.5, 0.6) is 0 Å². The fourth-order valence-corrected chi connectivity index (χ4v) is 16.3. The largest absolute Gasteiger partial charge is 0.416 e. The van der Waals surface area contributed by atoms with Gasteiger partial charge in [-0.25, -0.2) is 0 Å². The van der Waals surface area contributed by atoms with Gasteiger partial charge in [0.1, 0.15) is 0 Å². The van der Waals surface area contributed by atoms with E-state index in [1.54, 1.807) is 0 Å². The number of carbonyl (C=O) groups excluding carboxylic acids is 1. The molecule has 7 saturated carbocycles. The number of ketones is 1. The minimum absolute atomic E-state index is 0.0318. The van der Waals surface area contributed by atoms with Gasteiger partial charge in [-0.05, 0) is 142 Å². The van der Waals surface area contributed by atoms with Crippen LogP contribution in [-0.2, 0) is 17.5 Å². The number of hydrogen-bond acceptors (Lipinski definition) is 6. The van der Waals surface area contributed by atoms with Crippen molar-refractivity contribution in [2.45, 2.75) is 128 Å². The van der Waals surface area contributed by atoms with Gasteiger partial charge in [-0.3, -0.25) is 9.69 Å². The molecule has 6 nitrogen and oxygen atoms in total. The first kappa shape index (κ1) is 41.2. The van der Waals surface area contributed by atoms with Crippen LogP contribution < -0.4 is 0 Å². The summed E-state index contributed by atoms with van der Waals surface area (Å²) >= 11 is 0. The first-order valence-electron chi connectivity index (χ1n) is 23.1. The number of Topliss-reactive ketones (excluding diaryl/α,β-unsaturated/α-hetero) is 1. The van der Waals surface area contributed by atoms with Gasteiger partial charge in [-0.15, -0.1) is 0 Å². The van der Waals surface area contributed by atoms with Gasteiger partial charge in [-0.2, -0.15) is 13.2 Å². The number of halogens is 3. The number of rotatable bonds is 12. The molecule has 12 rings (SSSR count). The average molecular weight is 828 g/mol. The molecule has 0 saturated heterocycles. The Labute approximate surface area is 353 Å². The second kappa shape index (κ2) is 14.4. The van der Waals surface area contributed by atoms with Crippen molar-refractivity contribution in [1.82, 2.24) is 4.90 Å². The molecular formula is C51H64F3NO5. The maximum Gasteiger partial charge on any atom is 0.416 e. The lowest BCUT2D eigenvalue weighted by atomic mass is 9.32. The van der Waals surface area contributed by atoms with Crippen LogP contribution in [0.1, 0.15) is 119 Å². The molecule has 9 heteroatoms. The molecule has 3 N–H and O–H groups in total. The van der Waals surface area contributed by atoms with Crippen molar-refractivity contribution in [2.24, 2.45) is 56.7 Å². The van der Waals surface area contributed by atoms with Crippen LogP contribution in [0.4, 0.5) is 13.2 Å². The standard InChI is InChI=1S/C51H64F3NO5/c1-45-14-11-39(56)26-48(45)17-18-50(41(27-48)44(58)37-9-6-10-38(22-37)51(52,53)54)42(45)12-15-46(2)43(50)13-16-49(46,59)32-55(28-40(57)30-60-29-33-7-4-3-5-8-33)31-47-23-34-19-35(24-47)21-36(20-34)25-47/h3-10,17-18,22,27,34-36,39-40,42-43,56-57,59H,11-16,19-21,23-26,28-32H2,1-2H3. The monoisotopic (exact) mass is 827 g/mol. The van der Waals surface area contributed by atoms with Gasteiger partial charge in [0.05, 0.1) is 36.6 Å². The molecule has 10 aliphatic rings. The molecule has 0 aromatic heterocycles. The molecule has 9 atom stereocenters. The number of hydrogen-bond donors (Lipinski definition) is 3. The zero-order valence-electron chi connectivity index (χ0n) is 35.4. The summed E-state index contributed by atoms with van der Waals surface area (Å²) in [6, 6.07) is 14.8. The van der Waals surface area contributed by atoms with Crippen LogP contribution in [0.3, 0.4) is 0 Å². The summed E-state index contributed by atoms with van der Waals surface area (Å²) in [6.45, 7) is 6.81. The van der Waals surface area contributed by atoms with Crippen LogP contribution in [-0.4, -0.2) is 70.1 Å². The number of aliphatic hydroxyl groups excluding tert-OH is 2. The third-order valence-electron chi connectivity index (χ3n) is 18.5. The Morgan fingerprint density at radius 2 is 1.52 bits per heavy atom. The summed E-state index contributed by atoms with van der Waals surface area (Å²) in [5.41, 5.74) is -2.38. The molecular weight excluding hydrogens is 764 g/mol. The summed E-state index contributed by atoms with van der Waals surface area (Å²) in [6.07, 6.45) is 13.0. The SMILES string of the molecule is CC12CCC(O)CC13C=CC1(C(C(=O)c4cccc(C(F)(F)F)c4)=C3)C2CCC2(C)C1CCC2(O)CN(CC(O)COCc1ccccc1)CC12CC3CC(CC(C3)C1)C2. The Hall–Kier alpha value is -2.82. The third kappa shape index (κ3) is 6.39. The number of alkyl halides is 3. The van der Waals surface area contributed by atoms with Crippen LogP contribution in [0.15, 0.2) is 78.4 Å². The van der Waals surface area contributed by atoms with E-state index in [2.05, 4.69) is 37.0 Å². The highest BCUT2D eigenvalue weighted by Gasteiger charge is 2.74. The fourth-order valence-electron chi connectivity index (χ4n) is 16.3. The number of nitrogens with zero attached hydrogens (tertiary/aromatic N) is 1. The topological polar surface area (TPSA) is 90.2 Å². The van der Waals surface area contributed by atoms with Gasteiger partial charge in [0.2, 0.25) is 0 Å². The lowest BCUT2D eigenvalue weighted by Crippen LogP contribution is -2.67. The van der Waals surface area contributed by atoms with Crippen molar-refractivity contribution in [3.63, 3.8) is 0 Å². The number of benzene rings is 2. The molecule has 0 heterocycles. The first-order valence-corrected chi connectivity index (χ1v) is 23.1. The van der Waals surface area contributed by atoms with Crippen molar-refractivity contribution in [2.75, 3.05) is 26.2 Å². The Kier molecular flexibility index (Phi) is 9.86. The number of allylic oxidation sites excluding steroid dienone is 4.